The average molecular weight is 541 g/mol. The summed E-state index contributed by atoms with van der Waals surface area (Å²) in [5, 5.41) is 18.6. The second-order valence-corrected chi connectivity index (χ2v) is 9.26. The van der Waals surface area contributed by atoms with Crippen LogP contribution in [0.2, 0.25) is 0 Å². The molecule has 3 rings (SSSR count). The first-order chi connectivity index (χ1) is 17.8. The molecular weight excluding hydrogens is 496 g/mol. The maximum absolute atomic E-state index is 9.30. The van der Waals surface area contributed by atoms with Gasteiger partial charge in [0.05, 0.1) is 45.0 Å². The van der Waals surface area contributed by atoms with Crippen LogP contribution in [0.15, 0.2) is 48.5 Å². The predicted octanol–water partition coefficient (Wildman–Crippen LogP) is 3.78. The molecule has 1 aliphatic heterocycles. The molecule has 6 N–H and O–H groups in total. The van der Waals surface area contributed by atoms with Crippen molar-refractivity contribution in [2.75, 3.05) is 65.2 Å². The molecule has 1 fully saturated rings. The number of phenolic OH excluding ortho intramolecular Hbond substituents is 2. The van der Waals surface area contributed by atoms with Gasteiger partial charge in [0.1, 0.15) is 11.5 Å². The fourth-order valence-electron chi connectivity index (χ4n) is 2.99. The van der Waals surface area contributed by atoms with Gasteiger partial charge in [-0.1, -0.05) is 38.1 Å². The Morgan fingerprint density at radius 2 is 1.11 bits per heavy atom. The molecule has 9 heteroatoms. The molecule has 0 radical (unpaired) electrons. The van der Waals surface area contributed by atoms with Crippen molar-refractivity contribution in [3.05, 3.63) is 59.7 Å². The Balaban J connectivity index is 0.000000313. The maximum Gasteiger partial charge on any atom is 0.115 e. The van der Waals surface area contributed by atoms with Crippen molar-refractivity contribution < 1.29 is 29.2 Å². The summed E-state index contributed by atoms with van der Waals surface area (Å²) >= 11 is 5.27. The quantitative estimate of drug-likeness (QED) is 0.152. The topological polar surface area (TPSA) is 133 Å². The van der Waals surface area contributed by atoms with Crippen molar-refractivity contribution in [1.29, 1.82) is 0 Å². The van der Waals surface area contributed by atoms with E-state index in [1.165, 1.54) is 0 Å². The zero-order valence-corrected chi connectivity index (χ0v) is 23.0. The number of epoxide rings is 1. The first-order valence-corrected chi connectivity index (χ1v) is 13.3. The molecule has 0 aliphatic carbocycles. The Morgan fingerprint density at radius 1 is 0.757 bits per heavy atom. The van der Waals surface area contributed by atoms with E-state index in [0.29, 0.717) is 64.7 Å². The number of halogens is 1. The zero-order chi connectivity index (χ0) is 27.4. The van der Waals surface area contributed by atoms with E-state index in [1.807, 2.05) is 24.3 Å². The summed E-state index contributed by atoms with van der Waals surface area (Å²) in [6, 6.07) is 14.4. The number of hydrogen-bond donors (Lipinski definition) is 4. The zero-order valence-electron chi connectivity index (χ0n) is 22.2. The van der Waals surface area contributed by atoms with Gasteiger partial charge in [0.15, 0.2) is 0 Å². The van der Waals surface area contributed by atoms with E-state index in [1.54, 1.807) is 24.3 Å². The number of ether oxygens (including phenoxy) is 4. The van der Waals surface area contributed by atoms with Crippen molar-refractivity contribution in [2.24, 2.45) is 11.5 Å². The van der Waals surface area contributed by atoms with Crippen LogP contribution < -0.4 is 11.5 Å². The van der Waals surface area contributed by atoms with E-state index in [2.05, 4.69) is 13.8 Å². The molecule has 2 aromatic carbocycles. The SMILES string of the molecule is CC(C)(c1ccc(O)cc1)c1ccc(O)cc1.ClCC1CO1.NCCCOCCOCCOCCCN. The van der Waals surface area contributed by atoms with E-state index in [4.69, 9.17) is 42.0 Å². The smallest absolute Gasteiger partial charge is 0.115 e. The molecular formula is C28H45ClN2O6. The van der Waals surface area contributed by atoms with Crippen molar-refractivity contribution >= 4 is 11.6 Å². The molecule has 1 heterocycles. The summed E-state index contributed by atoms with van der Waals surface area (Å²) in [5.74, 6) is 1.21. The molecule has 0 amide bonds. The standard InChI is InChI=1S/C15H16O2.C10H24N2O3.C3H5ClO/c1-15(2,11-3-7-13(16)8-4-11)12-5-9-14(17)10-6-12;11-3-1-5-13-7-9-15-10-8-14-6-2-4-12;4-1-3-2-5-3/h3-10,16-17H,1-2H3;1-12H2;3H,1-2H2. The fraction of sp³-hybridized carbons (Fsp3) is 0.571. The molecule has 210 valence electrons. The number of phenols is 2. The van der Waals surface area contributed by atoms with Gasteiger partial charge in [0, 0.05) is 18.6 Å². The molecule has 1 unspecified atom stereocenters. The second kappa shape index (κ2) is 20.1. The molecule has 0 aromatic heterocycles. The first-order valence-electron chi connectivity index (χ1n) is 12.7. The van der Waals surface area contributed by atoms with E-state index in [9.17, 15) is 10.2 Å². The summed E-state index contributed by atoms with van der Waals surface area (Å²) < 4.78 is 20.5. The molecule has 0 saturated carbocycles. The van der Waals surface area contributed by atoms with Crippen LogP contribution in [0.25, 0.3) is 0 Å². The van der Waals surface area contributed by atoms with Gasteiger partial charge in [-0.2, -0.15) is 0 Å². The van der Waals surface area contributed by atoms with Crippen LogP contribution >= 0.6 is 11.6 Å². The monoisotopic (exact) mass is 540 g/mol. The molecule has 1 atom stereocenters. The second-order valence-electron chi connectivity index (χ2n) is 8.95. The minimum atomic E-state index is -0.151. The maximum atomic E-state index is 9.30. The normalized spacial score (nSPS) is 14.2. The van der Waals surface area contributed by atoms with Crippen molar-refractivity contribution in [1.82, 2.24) is 0 Å². The molecule has 1 saturated heterocycles. The summed E-state index contributed by atoms with van der Waals surface area (Å²) in [5.41, 5.74) is 12.7. The van der Waals surface area contributed by atoms with Gasteiger partial charge < -0.3 is 40.6 Å². The number of rotatable bonds is 15. The Morgan fingerprint density at radius 3 is 1.38 bits per heavy atom. The van der Waals surface area contributed by atoms with Crippen LogP contribution in [-0.4, -0.2) is 81.5 Å². The summed E-state index contributed by atoms with van der Waals surface area (Å²) in [4.78, 5) is 0. The van der Waals surface area contributed by atoms with Crippen molar-refractivity contribution in [3.63, 3.8) is 0 Å². The largest absolute Gasteiger partial charge is 0.508 e. The minimum absolute atomic E-state index is 0.151. The Bertz CT molecular complexity index is 742. The molecule has 8 nitrogen and oxygen atoms in total. The molecule has 0 bridgehead atoms. The average Bonchev–Trinajstić information content (AvgIpc) is 3.74. The Kier molecular flexibility index (Phi) is 18.0. The van der Waals surface area contributed by atoms with Gasteiger partial charge >= 0.3 is 0 Å². The van der Waals surface area contributed by atoms with E-state index in [0.717, 1.165) is 30.6 Å². The minimum Gasteiger partial charge on any atom is -0.508 e. The van der Waals surface area contributed by atoms with Gasteiger partial charge in [-0.05, 0) is 61.3 Å². The van der Waals surface area contributed by atoms with Gasteiger partial charge in [-0.15, -0.1) is 11.6 Å². The number of benzene rings is 2. The third-order valence-electron chi connectivity index (χ3n) is 5.48. The van der Waals surface area contributed by atoms with Crippen molar-refractivity contribution in [2.45, 2.75) is 38.2 Å². The third kappa shape index (κ3) is 15.8. The highest BCUT2D eigenvalue weighted by molar-refractivity contribution is 6.18. The van der Waals surface area contributed by atoms with Gasteiger partial charge in [0.25, 0.3) is 0 Å². The lowest BCUT2D eigenvalue weighted by molar-refractivity contribution is 0.0143. The van der Waals surface area contributed by atoms with Gasteiger partial charge in [-0.3, -0.25) is 0 Å². The highest BCUT2D eigenvalue weighted by Gasteiger charge is 2.22. The number of nitrogens with two attached hydrogens (primary N) is 2. The first kappa shape index (κ1) is 33.1. The Labute approximate surface area is 226 Å². The Hall–Kier alpha value is -1.91. The molecule has 1 aliphatic rings. The summed E-state index contributed by atoms with van der Waals surface area (Å²) in [6.45, 7) is 10.4. The lowest BCUT2D eigenvalue weighted by atomic mass is 9.78. The summed E-state index contributed by atoms with van der Waals surface area (Å²) in [6.07, 6.45) is 2.21. The number of aromatic hydroxyl groups is 2. The van der Waals surface area contributed by atoms with Gasteiger partial charge in [-0.25, -0.2) is 0 Å². The van der Waals surface area contributed by atoms with E-state index in [-0.39, 0.29) is 16.9 Å². The van der Waals surface area contributed by atoms with Gasteiger partial charge in [0.2, 0.25) is 0 Å². The summed E-state index contributed by atoms with van der Waals surface area (Å²) in [7, 11) is 0. The van der Waals surface area contributed by atoms with Crippen LogP contribution in [0.3, 0.4) is 0 Å². The molecule has 0 spiro atoms. The third-order valence-corrected chi connectivity index (χ3v) is 5.83. The highest BCUT2D eigenvalue weighted by Crippen LogP contribution is 2.32. The van der Waals surface area contributed by atoms with Crippen LogP contribution in [0.4, 0.5) is 0 Å². The van der Waals surface area contributed by atoms with Crippen LogP contribution in [0, 0.1) is 0 Å². The number of hydrogen-bond acceptors (Lipinski definition) is 8. The predicted molar refractivity (Wildman–Crippen MR) is 149 cm³/mol. The molecule has 2 aromatic rings. The van der Waals surface area contributed by atoms with Crippen LogP contribution in [0.5, 0.6) is 11.5 Å². The lowest BCUT2D eigenvalue weighted by Gasteiger charge is -2.26. The van der Waals surface area contributed by atoms with Crippen molar-refractivity contribution in [3.8, 4) is 11.5 Å². The molecule has 37 heavy (non-hydrogen) atoms. The van der Waals surface area contributed by atoms with E-state index >= 15 is 0 Å². The highest BCUT2D eigenvalue weighted by atomic mass is 35.5. The fourth-order valence-corrected chi connectivity index (χ4v) is 3.17. The van der Waals surface area contributed by atoms with E-state index < -0.39 is 0 Å². The van der Waals surface area contributed by atoms with Crippen LogP contribution in [0.1, 0.15) is 37.8 Å². The number of alkyl halides is 1. The van der Waals surface area contributed by atoms with Crippen LogP contribution in [-0.2, 0) is 24.4 Å². The lowest BCUT2D eigenvalue weighted by Crippen LogP contribution is -2.18.